The average molecular weight is 408 g/mol. The number of nitrogens with one attached hydrogen (secondary N) is 1. The molecule has 7 nitrogen and oxygen atoms in total. The maximum absolute atomic E-state index is 7.73. The van der Waals surface area contributed by atoms with Crippen LogP contribution in [0.25, 0.3) is 22.2 Å². The fraction of sp³-hybridized carbons (Fsp3) is 0.435. The Hall–Kier alpha value is -3.09. The van der Waals surface area contributed by atoms with Gasteiger partial charge in [-0.3, -0.25) is 5.41 Å². The molecule has 0 saturated carbocycles. The zero-order valence-electron chi connectivity index (χ0n) is 17.4. The van der Waals surface area contributed by atoms with E-state index in [0.717, 1.165) is 54.5 Å². The maximum Gasteiger partial charge on any atom is 0.249 e. The maximum atomic E-state index is 7.73. The van der Waals surface area contributed by atoms with Crippen LogP contribution in [0, 0.1) is 5.41 Å². The Morgan fingerprint density at radius 3 is 2.87 bits per heavy atom. The minimum Gasteiger partial charge on any atom is -0.494 e. The van der Waals surface area contributed by atoms with E-state index >= 15 is 0 Å². The lowest BCUT2D eigenvalue weighted by Crippen LogP contribution is -2.35. The van der Waals surface area contributed by atoms with Gasteiger partial charge in [0.25, 0.3) is 0 Å². The number of nitrogens with two attached hydrogens (primary N) is 1. The highest BCUT2D eigenvalue weighted by Crippen LogP contribution is 2.32. The molecule has 2 aromatic carbocycles. The number of fused-ring (bicyclic) bond motifs is 1. The molecule has 2 heterocycles. The molecule has 1 aliphatic rings. The fourth-order valence-electron chi connectivity index (χ4n) is 3.97. The quantitative estimate of drug-likeness (QED) is 0.313. The summed E-state index contributed by atoms with van der Waals surface area (Å²) in [6, 6.07) is 12.2. The van der Waals surface area contributed by atoms with Gasteiger partial charge >= 0.3 is 0 Å². The van der Waals surface area contributed by atoms with E-state index in [1.54, 1.807) is 0 Å². The van der Waals surface area contributed by atoms with Gasteiger partial charge in [0.1, 0.15) is 11.8 Å². The number of unbranched alkanes of at least 4 members (excludes halogenated alkanes) is 3. The molecule has 1 unspecified atom stereocenters. The average Bonchev–Trinajstić information content (AvgIpc) is 3.42. The second-order valence-electron chi connectivity index (χ2n) is 7.83. The minimum absolute atomic E-state index is 0.0475. The zero-order valence-corrected chi connectivity index (χ0v) is 17.4. The van der Waals surface area contributed by atoms with Crippen LogP contribution < -0.4 is 10.5 Å². The SMILES string of the molecule is CCCCCCOc1ccc2cc(-c3noc(C4CCCN4C(=N)N)n3)ccc2c1. The lowest BCUT2D eigenvalue weighted by molar-refractivity contribution is 0.283. The Morgan fingerprint density at radius 1 is 1.20 bits per heavy atom. The van der Waals surface area contributed by atoms with E-state index in [1.165, 1.54) is 19.3 Å². The van der Waals surface area contributed by atoms with Crippen LogP contribution in [-0.2, 0) is 0 Å². The number of benzene rings is 2. The van der Waals surface area contributed by atoms with Crippen LogP contribution in [0.2, 0.25) is 0 Å². The van der Waals surface area contributed by atoms with Crippen molar-refractivity contribution in [3.63, 3.8) is 0 Å². The number of ether oxygens (including phenoxy) is 1. The fourth-order valence-corrected chi connectivity index (χ4v) is 3.97. The molecule has 1 aromatic heterocycles. The second kappa shape index (κ2) is 9.15. The van der Waals surface area contributed by atoms with Crippen LogP contribution >= 0.6 is 0 Å². The smallest absolute Gasteiger partial charge is 0.249 e. The topological polar surface area (TPSA) is 101 Å². The van der Waals surface area contributed by atoms with E-state index in [-0.39, 0.29) is 12.0 Å². The molecule has 1 atom stereocenters. The standard InChI is InChI=1S/C23H29N5O2/c1-2-3-4-5-13-29-19-11-10-16-14-18(9-8-17(16)15-19)21-26-22(30-27-21)20-7-6-12-28(20)23(24)25/h8-11,14-15,20H,2-7,12-13H2,1H3,(H3,24,25). The number of nitrogens with zero attached hydrogens (tertiary/aromatic N) is 3. The zero-order chi connectivity index (χ0) is 20.9. The molecular formula is C23H29N5O2. The second-order valence-corrected chi connectivity index (χ2v) is 7.83. The van der Waals surface area contributed by atoms with Crippen LogP contribution in [0.3, 0.4) is 0 Å². The number of aromatic nitrogens is 2. The molecule has 1 aliphatic heterocycles. The molecule has 4 rings (SSSR count). The van der Waals surface area contributed by atoms with E-state index in [4.69, 9.17) is 20.4 Å². The Bertz CT molecular complexity index is 1020. The molecule has 3 N–H and O–H groups in total. The van der Waals surface area contributed by atoms with Crippen molar-refractivity contribution in [2.45, 2.75) is 51.5 Å². The Balaban J connectivity index is 1.47. The first-order valence-electron chi connectivity index (χ1n) is 10.8. The first-order chi connectivity index (χ1) is 14.7. The molecule has 0 radical (unpaired) electrons. The third kappa shape index (κ3) is 4.40. The number of rotatable bonds is 8. The Labute approximate surface area is 176 Å². The van der Waals surface area contributed by atoms with E-state index in [9.17, 15) is 0 Å². The molecule has 0 spiro atoms. The summed E-state index contributed by atoms with van der Waals surface area (Å²) in [6.07, 6.45) is 6.62. The van der Waals surface area contributed by atoms with E-state index < -0.39 is 0 Å². The molecule has 0 bridgehead atoms. The van der Waals surface area contributed by atoms with Crippen molar-refractivity contribution in [2.75, 3.05) is 13.2 Å². The molecule has 1 fully saturated rings. The first kappa shape index (κ1) is 20.2. The predicted molar refractivity (Wildman–Crippen MR) is 117 cm³/mol. The normalized spacial score (nSPS) is 16.3. The molecule has 158 valence electrons. The highest BCUT2D eigenvalue weighted by Gasteiger charge is 2.31. The van der Waals surface area contributed by atoms with Crippen LogP contribution in [0.15, 0.2) is 40.9 Å². The van der Waals surface area contributed by atoms with Crippen molar-refractivity contribution in [1.29, 1.82) is 5.41 Å². The van der Waals surface area contributed by atoms with Gasteiger partial charge in [-0.1, -0.05) is 49.5 Å². The van der Waals surface area contributed by atoms with Gasteiger partial charge in [-0.25, -0.2) is 0 Å². The van der Waals surface area contributed by atoms with Gasteiger partial charge < -0.3 is 19.9 Å². The van der Waals surface area contributed by atoms with Crippen molar-refractivity contribution < 1.29 is 9.26 Å². The van der Waals surface area contributed by atoms with Gasteiger partial charge in [0.15, 0.2) is 5.96 Å². The summed E-state index contributed by atoms with van der Waals surface area (Å²) in [4.78, 5) is 6.40. The van der Waals surface area contributed by atoms with E-state index in [1.807, 2.05) is 17.0 Å². The van der Waals surface area contributed by atoms with Crippen molar-refractivity contribution in [3.8, 4) is 17.1 Å². The summed E-state index contributed by atoms with van der Waals surface area (Å²) >= 11 is 0. The lowest BCUT2D eigenvalue weighted by Gasteiger charge is -2.21. The van der Waals surface area contributed by atoms with Gasteiger partial charge in [-0.05, 0) is 48.2 Å². The summed E-state index contributed by atoms with van der Waals surface area (Å²) in [5.74, 6) is 2.02. The third-order valence-electron chi connectivity index (χ3n) is 5.63. The molecule has 30 heavy (non-hydrogen) atoms. The molecule has 1 saturated heterocycles. The number of hydrogen-bond acceptors (Lipinski definition) is 5. The highest BCUT2D eigenvalue weighted by molar-refractivity contribution is 5.87. The molecular weight excluding hydrogens is 378 g/mol. The summed E-state index contributed by atoms with van der Waals surface area (Å²) in [5.41, 5.74) is 6.58. The molecule has 7 heteroatoms. The lowest BCUT2D eigenvalue weighted by atomic mass is 10.1. The van der Waals surface area contributed by atoms with E-state index in [2.05, 4.69) is 41.3 Å². The van der Waals surface area contributed by atoms with Gasteiger partial charge in [-0.2, -0.15) is 4.98 Å². The van der Waals surface area contributed by atoms with Crippen molar-refractivity contribution >= 4 is 16.7 Å². The van der Waals surface area contributed by atoms with Crippen molar-refractivity contribution in [1.82, 2.24) is 15.0 Å². The summed E-state index contributed by atoms with van der Waals surface area (Å²) in [6.45, 7) is 3.72. The van der Waals surface area contributed by atoms with Crippen LogP contribution in [0.5, 0.6) is 5.75 Å². The molecule has 0 amide bonds. The summed E-state index contributed by atoms with van der Waals surface area (Å²) < 4.78 is 11.4. The Morgan fingerprint density at radius 2 is 2.03 bits per heavy atom. The Kier molecular flexibility index (Phi) is 6.16. The number of likely N-dealkylation sites (tertiary alicyclic amines) is 1. The first-order valence-corrected chi connectivity index (χ1v) is 10.8. The highest BCUT2D eigenvalue weighted by atomic mass is 16.5. The van der Waals surface area contributed by atoms with Crippen LogP contribution in [-0.4, -0.2) is 34.2 Å². The van der Waals surface area contributed by atoms with Gasteiger partial charge in [0.2, 0.25) is 11.7 Å². The van der Waals surface area contributed by atoms with Crippen LogP contribution in [0.1, 0.15) is 57.4 Å². The van der Waals surface area contributed by atoms with Gasteiger partial charge in [0.05, 0.1) is 6.61 Å². The monoisotopic (exact) mass is 407 g/mol. The molecule has 3 aromatic rings. The van der Waals surface area contributed by atoms with Gasteiger partial charge in [-0.15, -0.1) is 0 Å². The van der Waals surface area contributed by atoms with Crippen molar-refractivity contribution in [3.05, 3.63) is 42.3 Å². The summed E-state index contributed by atoms with van der Waals surface area (Å²) in [7, 11) is 0. The minimum atomic E-state index is -0.110. The largest absolute Gasteiger partial charge is 0.494 e. The third-order valence-corrected chi connectivity index (χ3v) is 5.63. The number of hydrogen-bond donors (Lipinski definition) is 2. The van der Waals surface area contributed by atoms with Crippen LogP contribution in [0.4, 0.5) is 0 Å². The van der Waals surface area contributed by atoms with Crippen molar-refractivity contribution in [2.24, 2.45) is 5.73 Å². The van der Waals surface area contributed by atoms with Gasteiger partial charge in [0, 0.05) is 12.1 Å². The number of guanidine groups is 1. The van der Waals surface area contributed by atoms with E-state index in [0.29, 0.717) is 11.7 Å². The summed E-state index contributed by atoms with van der Waals surface area (Å²) in [5, 5.41) is 14.1. The molecule has 0 aliphatic carbocycles. The predicted octanol–water partition coefficient (Wildman–Crippen LogP) is 4.88.